The van der Waals surface area contributed by atoms with E-state index in [0.717, 1.165) is 30.6 Å². The molecule has 2 N–H and O–H groups in total. The molecule has 128 valence electrons. The number of aryl methyl sites for hydroxylation is 2. The molecule has 2 aromatic rings. The SMILES string of the molecule is CCc1cccc(CC)c1NC(=S)Nc1ccc([C@H](C)CC)cc1. The van der Waals surface area contributed by atoms with Gasteiger partial charge in [0.1, 0.15) is 0 Å². The van der Waals surface area contributed by atoms with Gasteiger partial charge in [0, 0.05) is 11.4 Å². The Morgan fingerprint density at radius 1 is 0.917 bits per heavy atom. The number of para-hydroxylation sites is 1. The lowest BCUT2D eigenvalue weighted by Gasteiger charge is -2.17. The van der Waals surface area contributed by atoms with Crippen molar-refractivity contribution in [1.82, 2.24) is 0 Å². The third-order valence-electron chi connectivity index (χ3n) is 4.59. The zero-order valence-electron chi connectivity index (χ0n) is 15.1. The van der Waals surface area contributed by atoms with E-state index >= 15 is 0 Å². The number of nitrogens with one attached hydrogen (secondary N) is 2. The van der Waals surface area contributed by atoms with E-state index in [4.69, 9.17) is 12.2 Å². The van der Waals surface area contributed by atoms with E-state index in [1.54, 1.807) is 0 Å². The van der Waals surface area contributed by atoms with Gasteiger partial charge in [0.25, 0.3) is 0 Å². The van der Waals surface area contributed by atoms with Crippen LogP contribution in [-0.4, -0.2) is 5.11 Å². The van der Waals surface area contributed by atoms with Crippen molar-refractivity contribution < 1.29 is 0 Å². The molecule has 2 nitrogen and oxygen atoms in total. The van der Waals surface area contributed by atoms with Crippen molar-refractivity contribution in [3.05, 3.63) is 59.2 Å². The summed E-state index contributed by atoms with van der Waals surface area (Å²) in [6, 6.07) is 15.0. The first kappa shape index (κ1) is 18.5. The van der Waals surface area contributed by atoms with Crippen LogP contribution in [0, 0.1) is 0 Å². The molecule has 0 radical (unpaired) electrons. The molecule has 0 saturated heterocycles. The Balaban J connectivity index is 2.09. The first-order valence-corrected chi connectivity index (χ1v) is 9.28. The molecule has 2 aromatic carbocycles. The van der Waals surface area contributed by atoms with Crippen molar-refractivity contribution in [2.24, 2.45) is 0 Å². The summed E-state index contributed by atoms with van der Waals surface area (Å²) < 4.78 is 0. The summed E-state index contributed by atoms with van der Waals surface area (Å²) in [5, 5.41) is 7.34. The number of rotatable bonds is 6. The van der Waals surface area contributed by atoms with Gasteiger partial charge < -0.3 is 10.6 Å². The van der Waals surface area contributed by atoms with E-state index in [-0.39, 0.29) is 0 Å². The molecular weight excluding hydrogens is 312 g/mol. The van der Waals surface area contributed by atoms with Crippen molar-refractivity contribution in [2.75, 3.05) is 10.6 Å². The molecule has 0 unspecified atom stereocenters. The Kier molecular flexibility index (Phi) is 6.80. The molecule has 0 aromatic heterocycles. The summed E-state index contributed by atoms with van der Waals surface area (Å²) in [4.78, 5) is 0. The number of hydrogen-bond acceptors (Lipinski definition) is 1. The predicted molar refractivity (Wildman–Crippen MR) is 110 cm³/mol. The largest absolute Gasteiger partial charge is 0.332 e. The molecule has 3 heteroatoms. The summed E-state index contributed by atoms with van der Waals surface area (Å²) in [7, 11) is 0. The first-order valence-electron chi connectivity index (χ1n) is 8.87. The predicted octanol–water partition coefficient (Wildman–Crippen LogP) is 6.13. The third-order valence-corrected chi connectivity index (χ3v) is 4.79. The van der Waals surface area contributed by atoms with Crippen LogP contribution in [0.3, 0.4) is 0 Å². The van der Waals surface area contributed by atoms with Crippen molar-refractivity contribution in [3.63, 3.8) is 0 Å². The Bertz CT molecular complexity index is 654. The standard InChI is InChI=1S/C21H28N2S/c1-5-15(4)18-11-13-19(14-12-18)22-21(24)23-20-16(6-2)9-8-10-17(20)7-3/h8-15H,5-7H2,1-4H3,(H2,22,23,24)/t15-/m1/s1. The molecule has 0 bridgehead atoms. The normalized spacial score (nSPS) is 11.8. The third kappa shape index (κ3) is 4.57. The molecule has 0 aliphatic heterocycles. The molecule has 2 rings (SSSR count). The minimum absolute atomic E-state index is 0.590. The highest BCUT2D eigenvalue weighted by Crippen LogP contribution is 2.24. The molecule has 0 amide bonds. The van der Waals surface area contributed by atoms with Gasteiger partial charge in [0.05, 0.1) is 0 Å². The highest BCUT2D eigenvalue weighted by atomic mass is 32.1. The Morgan fingerprint density at radius 2 is 1.50 bits per heavy atom. The first-order chi connectivity index (χ1) is 11.6. The van der Waals surface area contributed by atoms with Gasteiger partial charge in [-0.2, -0.15) is 0 Å². The van der Waals surface area contributed by atoms with Crippen LogP contribution in [0.25, 0.3) is 0 Å². The fourth-order valence-electron chi connectivity index (χ4n) is 2.81. The summed E-state index contributed by atoms with van der Waals surface area (Å²) in [6.45, 7) is 8.81. The maximum Gasteiger partial charge on any atom is 0.175 e. The van der Waals surface area contributed by atoms with Crippen LogP contribution in [0.15, 0.2) is 42.5 Å². The topological polar surface area (TPSA) is 24.1 Å². The molecule has 0 heterocycles. The molecule has 0 aliphatic carbocycles. The van der Waals surface area contributed by atoms with Crippen LogP contribution in [0.4, 0.5) is 11.4 Å². The number of anilines is 2. The van der Waals surface area contributed by atoms with Gasteiger partial charge in [-0.15, -0.1) is 0 Å². The monoisotopic (exact) mass is 340 g/mol. The maximum absolute atomic E-state index is 5.52. The van der Waals surface area contributed by atoms with E-state index in [0.29, 0.717) is 11.0 Å². The Morgan fingerprint density at radius 3 is 2.00 bits per heavy atom. The van der Waals surface area contributed by atoms with Crippen LogP contribution in [-0.2, 0) is 12.8 Å². The van der Waals surface area contributed by atoms with E-state index in [2.05, 4.69) is 80.8 Å². The average molecular weight is 341 g/mol. The highest BCUT2D eigenvalue weighted by molar-refractivity contribution is 7.80. The van der Waals surface area contributed by atoms with Gasteiger partial charge in [0.15, 0.2) is 5.11 Å². The quantitative estimate of drug-likeness (QED) is 0.618. The molecule has 24 heavy (non-hydrogen) atoms. The van der Waals surface area contributed by atoms with E-state index < -0.39 is 0 Å². The zero-order valence-corrected chi connectivity index (χ0v) is 16.0. The summed E-state index contributed by atoms with van der Waals surface area (Å²) in [6.07, 6.45) is 3.13. The molecule has 0 aliphatic rings. The smallest absolute Gasteiger partial charge is 0.175 e. The fraction of sp³-hybridized carbons (Fsp3) is 0.381. The number of thiocarbonyl (C=S) groups is 1. The maximum atomic E-state index is 5.52. The van der Waals surface area contributed by atoms with Crippen LogP contribution < -0.4 is 10.6 Å². The Labute approximate surface area is 151 Å². The fourth-order valence-corrected chi connectivity index (χ4v) is 3.03. The van der Waals surface area contributed by atoms with Gasteiger partial charge in [-0.05, 0) is 66.2 Å². The molecule has 1 atom stereocenters. The second kappa shape index (κ2) is 8.84. The zero-order chi connectivity index (χ0) is 17.5. The van der Waals surface area contributed by atoms with Crippen LogP contribution in [0.1, 0.15) is 56.7 Å². The second-order valence-corrected chi connectivity index (χ2v) is 6.58. The average Bonchev–Trinajstić information content (AvgIpc) is 2.61. The van der Waals surface area contributed by atoms with Crippen LogP contribution in [0.2, 0.25) is 0 Å². The van der Waals surface area contributed by atoms with Crippen molar-refractivity contribution >= 4 is 28.7 Å². The highest BCUT2D eigenvalue weighted by Gasteiger charge is 2.08. The van der Waals surface area contributed by atoms with E-state index in [9.17, 15) is 0 Å². The van der Waals surface area contributed by atoms with Gasteiger partial charge in [-0.3, -0.25) is 0 Å². The number of benzene rings is 2. The number of hydrogen-bond donors (Lipinski definition) is 2. The lowest BCUT2D eigenvalue weighted by atomic mass is 9.99. The van der Waals surface area contributed by atoms with Gasteiger partial charge >= 0.3 is 0 Å². The summed E-state index contributed by atoms with van der Waals surface area (Å²) >= 11 is 5.52. The van der Waals surface area contributed by atoms with Gasteiger partial charge in [-0.1, -0.05) is 58.0 Å². The lowest BCUT2D eigenvalue weighted by molar-refractivity contribution is 0.734. The molecule has 0 fully saturated rings. The van der Waals surface area contributed by atoms with Crippen LogP contribution >= 0.6 is 12.2 Å². The second-order valence-electron chi connectivity index (χ2n) is 6.17. The van der Waals surface area contributed by atoms with Crippen molar-refractivity contribution in [1.29, 1.82) is 0 Å². The van der Waals surface area contributed by atoms with Gasteiger partial charge in [-0.25, -0.2) is 0 Å². The van der Waals surface area contributed by atoms with Crippen LogP contribution in [0.5, 0.6) is 0 Å². The minimum atomic E-state index is 0.590. The molecule has 0 saturated carbocycles. The minimum Gasteiger partial charge on any atom is -0.332 e. The van der Waals surface area contributed by atoms with Crippen molar-refractivity contribution in [2.45, 2.75) is 52.9 Å². The van der Waals surface area contributed by atoms with Gasteiger partial charge in [0.2, 0.25) is 0 Å². The molecule has 0 spiro atoms. The van der Waals surface area contributed by atoms with E-state index in [1.165, 1.54) is 16.7 Å². The summed E-state index contributed by atoms with van der Waals surface area (Å²) in [5.41, 5.74) is 6.13. The molecular formula is C21H28N2S. The summed E-state index contributed by atoms with van der Waals surface area (Å²) in [5.74, 6) is 0.590. The lowest BCUT2D eigenvalue weighted by Crippen LogP contribution is -2.21. The Hall–Kier alpha value is -1.87. The van der Waals surface area contributed by atoms with E-state index in [1.807, 2.05) is 0 Å². The van der Waals surface area contributed by atoms with Crippen molar-refractivity contribution in [3.8, 4) is 0 Å².